The summed E-state index contributed by atoms with van der Waals surface area (Å²) in [6.45, 7) is 15.2. The maximum Gasteiger partial charge on any atom is 0.131 e. The quantitative estimate of drug-likeness (QED) is 0.793. The Morgan fingerprint density at radius 3 is 1.68 bits per heavy atom. The molecule has 0 saturated carbocycles. The van der Waals surface area contributed by atoms with Crippen LogP contribution in [0.1, 0.15) is 22.6 Å². The van der Waals surface area contributed by atoms with Gasteiger partial charge in [-0.2, -0.15) is 0 Å². The van der Waals surface area contributed by atoms with Gasteiger partial charge >= 0.3 is 0 Å². The maximum absolute atomic E-state index is 5.41. The van der Waals surface area contributed by atoms with Gasteiger partial charge in [0.25, 0.3) is 0 Å². The number of hydrogen-bond acceptors (Lipinski definition) is 6. The van der Waals surface area contributed by atoms with Crippen LogP contribution in [0.5, 0.6) is 0 Å². The van der Waals surface area contributed by atoms with Gasteiger partial charge in [0.05, 0.1) is 26.4 Å². The number of aromatic nitrogens is 2. The van der Waals surface area contributed by atoms with Crippen molar-refractivity contribution in [1.29, 1.82) is 0 Å². The zero-order valence-corrected chi connectivity index (χ0v) is 17.6. The highest BCUT2D eigenvalue weighted by molar-refractivity contribution is 5.57. The van der Waals surface area contributed by atoms with Crippen LogP contribution in [-0.4, -0.2) is 62.6 Å². The zero-order valence-electron chi connectivity index (χ0n) is 17.6. The molecule has 2 aliphatic heterocycles. The molecule has 0 aliphatic carbocycles. The summed E-state index contributed by atoms with van der Waals surface area (Å²) in [6.07, 6.45) is 0. The molecule has 0 aromatic carbocycles. The molecular formula is C22H32N4O2. The van der Waals surface area contributed by atoms with E-state index in [0.717, 1.165) is 75.5 Å². The summed E-state index contributed by atoms with van der Waals surface area (Å²) in [5, 5.41) is 0. The second kappa shape index (κ2) is 9.85. The van der Waals surface area contributed by atoms with Crippen LogP contribution in [0.3, 0.4) is 0 Å². The Kier molecular flexibility index (Phi) is 7.23. The summed E-state index contributed by atoms with van der Waals surface area (Å²) < 4.78 is 10.8. The second-order valence-electron chi connectivity index (χ2n) is 7.45. The number of pyridine rings is 2. The van der Waals surface area contributed by atoms with E-state index in [2.05, 4.69) is 57.9 Å². The van der Waals surface area contributed by atoms with Gasteiger partial charge in [0.15, 0.2) is 0 Å². The van der Waals surface area contributed by atoms with Crippen molar-refractivity contribution in [2.75, 3.05) is 62.4 Å². The molecule has 6 heteroatoms. The molecule has 0 spiro atoms. The van der Waals surface area contributed by atoms with E-state index in [4.69, 9.17) is 9.47 Å². The topological polar surface area (TPSA) is 50.7 Å². The summed E-state index contributed by atoms with van der Waals surface area (Å²) in [5.41, 5.74) is 5.84. The molecule has 2 saturated heterocycles. The molecule has 0 radical (unpaired) electrons. The highest BCUT2D eigenvalue weighted by Crippen LogP contribution is 2.23. The Balaban J connectivity index is 0.000000211. The molecule has 0 N–H and O–H groups in total. The number of anilines is 2. The van der Waals surface area contributed by atoms with Crippen molar-refractivity contribution >= 4 is 11.5 Å². The van der Waals surface area contributed by atoms with Crippen molar-refractivity contribution in [3.8, 4) is 0 Å². The maximum atomic E-state index is 5.41. The Bertz CT molecular complexity index is 682. The average Bonchev–Trinajstić information content (AvgIpc) is 2.68. The van der Waals surface area contributed by atoms with Gasteiger partial charge in [-0.15, -0.1) is 0 Å². The molecule has 0 unspecified atom stereocenters. The molecule has 2 fully saturated rings. The first-order chi connectivity index (χ1) is 13.5. The molecule has 152 valence electrons. The van der Waals surface area contributed by atoms with E-state index in [1.54, 1.807) is 0 Å². The number of aryl methyl sites for hydroxylation is 4. The highest BCUT2D eigenvalue weighted by Gasteiger charge is 2.17. The van der Waals surface area contributed by atoms with Crippen molar-refractivity contribution in [2.45, 2.75) is 27.7 Å². The fourth-order valence-electron chi connectivity index (χ4n) is 3.64. The molecule has 4 rings (SSSR count). The van der Waals surface area contributed by atoms with E-state index in [1.807, 2.05) is 13.8 Å². The third-order valence-electron chi connectivity index (χ3n) is 4.86. The first-order valence-corrected chi connectivity index (χ1v) is 10.1. The number of rotatable bonds is 2. The lowest BCUT2D eigenvalue weighted by Crippen LogP contribution is -2.38. The average molecular weight is 385 g/mol. The largest absolute Gasteiger partial charge is 0.378 e. The van der Waals surface area contributed by atoms with Crippen molar-refractivity contribution in [3.63, 3.8) is 0 Å². The first-order valence-electron chi connectivity index (χ1n) is 10.1. The molecule has 0 atom stereocenters. The van der Waals surface area contributed by atoms with E-state index >= 15 is 0 Å². The van der Waals surface area contributed by atoms with Crippen LogP contribution in [0, 0.1) is 27.7 Å². The van der Waals surface area contributed by atoms with Gasteiger partial charge in [-0.25, -0.2) is 4.98 Å². The summed E-state index contributed by atoms with van der Waals surface area (Å²) >= 11 is 0. The van der Waals surface area contributed by atoms with Crippen molar-refractivity contribution < 1.29 is 9.47 Å². The molecule has 4 heterocycles. The minimum atomic E-state index is 0.794. The Morgan fingerprint density at radius 2 is 1.14 bits per heavy atom. The molecule has 2 aromatic heterocycles. The van der Waals surface area contributed by atoms with Gasteiger partial charge in [-0.05, 0) is 51.5 Å². The van der Waals surface area contributed by atoms with Crippen LogP contribution < -0.4 is 9.80 Å². The molecule has 2 aromatic rings. The number of morpholine rings is 2. The summed E-state index contributed by atoms with van der Waals surface area (Å²) in [4.78, 5) is 13.6. The van der Waals surface area contributed by atoms with Gasteiger partial charge in [0, 0.05) is 55.0 Å². The SMILES string of the molecule is Cc1cc(C)nc(C)c1.Cc1cc(N2CCOCC2)cc(N2CCOCC2)n1. The van der Waals surface area contributed by atoms with Gasteiger partial charge in [0.1, 0.15) is 5.82 Å². The van der Waals surface area contributed by atoms with Crippen molar-refractivity contribution in [1.82, 2.24) is 9.97 Å². The summed E-state index contributed by atoms with van der Waals surface area (Å²) in [6, 6.07) is 8.51. The van der Waals surface area contributed by atoms with Crippen LogP contribution >= 0.6 is 0 Å². The van der Waals surface area contributed by atoms with Crippen LogP contribution in [0.25, 0.3) is 0 Å². The first kappa shape index (κ1) is 20.6. The Labute approximate surface area is 168 Å². The van der Waals surface area contributed by atoms with Crippen molar-refractivity contribution in [3.05, 3.63) is 46.9 Å². The van der Waals surface area contributed by atoms with Crippen LogP contribution in [0.15, 0.2) is 24.3 Å². The van der Waals surface area contributed by atoms with Crippen LogP contribution in [-0.2, 0) is 9.47 Å². The molecule has 28 heavy (non-hydrogen) atoms. The smallest absolute Gasteiger partial charge is 0.131 e. The minimum Gasteiger partial charge on any atom is -0.378 e. The predicted molar refractivity (Wildman–Crippen MR) is 113 cm³/mol. The standard InChI is InChI=1S/C14H21N3O2.C8H11N/c1-12-10-13(16-2-6-18-7-3-16)11-14(15-12)17-4-8-19-9-5-17;1-6-4-7(2)9-8(3)5-6/h10-11H,2-9H2,1H3;4-5H,1-3H3. The number of hydrogen-bond donors (Lipinski definition) is 0. The van der Waals surface area contributed by atoms with E-state index in [0.29, 0.717) is 0 Å². The lowest BCUT2D eigenvalue weighted by molar-refractivity contribution is 0.122. The summed E-state index contributed by atoms with van der Waals surface area (Å²) in [7, 11) is 0. The molecule has 6 nitrogen and oxygen atoms in total. The monoisotopic (exact) mass is 384 g/mol. The van der Waals surface area contributed by atoms with E-state index in [1.165, 1.54) is 11.3 Å². The Hall–Kier alpha value is -2.18. The van der Waals surface area contributed by atoms with E-state index < -0.39 is 0 Å². The Morgan fingerprint density at radius 1 is 0.643 bits per heavy atom. The lowest BCUT2D eigenvalue weighted by Gasteiger charge is -2.32. The molecule has 0 bridgehead atoms. The fourth-order valence-corrected chi connectivity index (χ4v) is 3.64. The van der Waals surface area contributed by atoms with Gasteiger partial charge in [0.2, 0.25) is 0 Å². The highest BCUT2D eigenvalue weighted by atomic mass is 16.5. The number of nitrogens with zero attached hydrogens (tertiary/aromatic N) is 4. The van der Waals surface area contributed by atoms with Crippen LogP contribution in [0.2, 0.25) is 0 Å². The van der Waals surface area contributed by atoms with Crippen molar-refractivity contribution in [2.24, 2.45) is 0 Å². The molecule has 2 aliphatic rings. The van der Waals surface area contributed by atoms with Crippen LogP contribution in [0.4, 0.5) is 11.5 Å². The normalized spacial score (nSPS) is 17.1. The number of ether oxygens (including phenoxy) is 2. The molecule has 0 amide bonds. The predicted octanol–water partition coefficient (Wildman–Crippen LogP) is 3.07. The van der Waals surface area contributed by atoms with E-state index in [9.17, 15) is 0 Å². The van der Waals surface area contributed by atoms with Gasteiger partial charge in [-0.3, -0.25) is 4.98 Å². The minimum absolute atomic E-state index is 0.794. The molecular weight excluding hydrogens is 352 g/mol. The fraction of sp³-hybridized carbons (Fsp3) is 0.545. The van der Waals surface area contributed by atoms with Gasteiger partial charge < -0.3 is 19.3 Å². The third-order valence-corrected chi connectivity index (χ3v) is 4.86. The van der Waals surface area contributed by atoms with E-state index in [-0.39, 0.29) is 0 Å². The summed E-state index contributed by atoms with van der Waals surface area (Å²) in [5.74, 6) is 1.07. The third kappa shape index (κ3) is 5.91. The lowest BCUT2D eigenvalue weighted by atomic mass is 10.2. The van der Waals surface area contributed by atoms with Gasteiger partial charge in [-0.1, -0.05) is 0 Å². The zero-order chi connectivity index (χ0) is 19.9. The second-order valence-corrected chi connectivity index (χ2v) is 7.45.